The molecule has 0 spiro atoms. The van der Waals surface area contributed by atoms with Gasteiger partial charge in [0, 0.05) is 5.02 Å². The number of hydrogen-bond acceptors (Lipinski definition) is 1. The van der Waals surface area contributed by atoms with E-state index in [1.807, 2.05) is 37.3 Å². The predicted octanol–water partition coefficient (Wildman–Crippen LogP) is 3.28. The highest BCUT2D eigenvalue weighted by molar-refractivity contribution is 6.31. The predicted molar refractivity (Wildman–Crippen MR) is 73.6 cm³/mol. The molecule has 0 saturated heterocycles. The second-order valence-electron chi connectivity index (χ2n) is 4.27. The lowest BCUT2D eigenvalue weighted by Gasteiger charge is -2.04. The highest BCUT2D eigenvalue weighted by Gasteiger charge is 2.08. The molecule has 0 saturated carbocycles. The van der Waals surface area contributed by atoms with E-state index in [-0.39, 0.29) is 5.69 Å². The fourth-order valence-electron chi connectivity index (χ4n) is 2.10. The molecule has 3 nitrogen and oxygen atoms in total. The van der Waals surface area contributed by atoms with E-state index in [0.29, 0.717) is 5.02 Å². The maximum Gasteiger partial charge on any atom is 0.331 e. The molecule has 1 N–H and O–H groups in total. The van der Waals surface area contributed by atoms with Crippen LogP contribution in [0.3, 0.4) is 0 Å². The first-order chi connectivity index (χ1) is 8.65. The number of imidazole rings is 1. The van der Waals surface area contributed by atoms with E-state index in [9.17, 15) is 4.79 Å². The van der Waals surface area contributed by atoms with Gasteiger partial charge in [-0.2, -0.15) is 0 Å². The summed E-state index contributed by atoms with van der Waals surface area (Å²) in [5.74, 6) is 0. The standard InChI is InChI=1S/C14H11ClN2O/c1-9-3-2-4-11(7-9)17-13-8-10(15)5-6-12(13)16-14(17)18/h2-8H,1H3,(H,16,18). The van der Waals surface area contributed by atoms with Crippen molar-refractivity contribution in [2.24, 2.45) is 0 Å². The molecule has 0 unspecified atom stereocenters. The van der Waals surface area contributed by atoms with Crippen LogP contribution in [0.4, 0.5) is 0 Å². The first-order valence-electron chi connectivity index (χ1n) is 5.62. The molecule has 0 bridgehead atoms. The van der Waals surface area contributed by atoms with Gasteiger partial charge in [-0.25, -0.2) is 4.79 Å². The van der Waals surface area contributed by atoms with Crippen LogP contribution in [0.1, 0.15) is 5.56 Å². The van der Waals surface area contributed by atoms with Crippen LogP contribution in [0.15, 0.2) is 47.3 Å². The zero-order chi connectivity index (χ0) is 12.7. The summed E-state index contributed by atoms with van der Waals surface area (Å²) in [6.45, 7) is 2.00. The number of nitrogens with zero attached hydrogens (tertiary/aromatic N) is 1. The number of H-pyrrole nitrogens is 1. The van der Waals surface area contributed by atoms with Gasteiger partial charge in [0.05, 0.1) is 16.7 Å². The first-order valence-corrected chi connectivity index (χ1v) is 6.00. The molecular weight excluding hydrogens is 248 g/mol. The lowest BCUT2D eigenvalue weighted by Crippen LogP contribution is -2.14. The van der Waals surface area contributed by atoms with Gasteiger partial charge >= 0.3 is 5.69 Å². The molecule has 0 aliphatic carbocycles. The zero-order valence-corrected chi connectivity index (χ0v) is 10.5. The number of rotatable bonds is 1. The zero-order valence-electron chi connectivity index (χ0n) is 9.77. The Morgan fingerprint density at radius 3 is 2.78 bits per heavy atom. The Morgan fingerprint density at radius 1 is 1.17 bits per heavy atom. The number of benzene rings is 2. The highest BCUT2D eigenvalue weighted by Crippen LogP contribution is 2.20. The summed E-state index contributed by atoms with van der Waals surface area (Å²) < 4.78 is 1.63. The van der Waals surface area contributed by atoms with E-state index < -0.39 is 0 Å². The number of aryl methyl sites for hydroxylation is 1. The summed E-state index contributed by atoms with van der Waals surface area (Å²) >= 11 is 5.99. The van der Waals surface area contributed by atoms with Gasteiger partial charge in [-0.1, -0.05) is 23.7 Å². The minimum Gasteiger partial charge on any atom is -0.305 e. The minimum absolute atomic E-state index is 0.155. The van der Waals surface area contributed by atoms with E-state index >= 15 is 0 Å². The monoisotopic (exact) mass is 258 g/mol. The third-order valence-corrected chi connectivity index (χ3v) is 3.14. The van der Waals surface area contributed by atoms with Gasteiger partial charge in [0.1, 0.15) is 0 Å². The lowest BCUT2D eigenvalue weighted by atomic mass is 10.2. The highest BCUT2D eigenvalue weighted by atomic mass is 35.5. The van der Waals surface area contributed by atoms with Crippen molar-refractivity contribution in [3.8, 4) is 5.69 Å². The number of aromatic nitrogens is 2. The number of aromatic amines is 1. The molecule has 0 fully saturated rings. The maximum atomic E-state index is 12.0. The molecule has 0 radical (unpaired) electrons. The quantitative estimate of drug-likeness (QED) is 0.715. The van der Waals surface area contributed by atoms with Crippen LogP contribution >= 0.6 is 11.6 Å². The maximum absolute atomic E-state index is 12.0. The van der Waals surface area contributed by atoms with Crippen LogP contribution in [0.2, 0.25) is 5.02 Å². The molecule has 18 heavy (non-hydrogen) atoms. The molecule has 3 rings (SSSR count). The van der Waals surface area contributed by atoms with E-state index in [4.69, 9.17) is 11.6 Å². The molecule has 0 aliphatic rings. The van der Waals surface area contributed by atoms with Gasteiger partial charge in [0.25, 0.3) is 0 Å². The number of halogens is 1. The van der Waals surface area contributed by atoms with E-state index in [1.165, 1.54) is 0 Å². The van der Waals surface area contributed by atoms with Crippen LogP contribution in [-0.2, 0) is 0 Å². The van der Waals surface area contributed by atoms with Gasteiger partial charge in [-0.05, 0) is 42.8 Å². The van der Waals surface area contributed by atoms with Gasteiger partial charge in [-0.15, -0.1) is 0 Å². The van der Waals surface area contributed by atoms with Crippen LogP contribution in [0.5, 0.6) is 0 Å². The molecule has 3 aromatic rings. The Bertz CT molecular complexity index is 786. The Kier molecular flexibility index (Phi) is 2.49. The van der Waals surface area contributed by atoms with Crippen molar-refractivity contribution < 1.29 is 0 Å². The Labute approximate surface area is 109 Å². The van der Waals surface area contributed by atoms with Crippen LogP contribution < -0.4 is 5.69 Å². The topological polar surface area (TPSA) is 37.8 Å². The summed E-state index contributed by atoms with van der Waals surface area (Å²) in [4.78, 5) is 14.8. The van der Waals surface area contributed by atoms with Crippen molar-refractivity contribution >= 4 is 22.6 Å². The van der Waals surface area contributed by atoms with E-state index in [0.717, 1.165) is 22.3 Å². The largest absolute Gasteiger partial charge is 0.331 e. The molecule has 1 heterocycles. The Balaban J connectivity index is 2.38. The average Bonchev–Trinajstić information content (AvgIpc) is 2.64. The third kappa shape index (κ3) is 1.73. The molecule has 1 aromatic heterocycles. The Morgan fingerprint density at radius 2 is 2.00 bits per heavy atom. The summed E-state index contributed by atoms with van der Waals surface area (Å²) in [6.07, 6.45) is 0. The van der Waals surface area contributed by atoms with Gasteiger partial charge in [0.2, 0.25) is 0 Å². The van der Waals surface area contributed by atoms with E-state index in [2.05, 4.69) is 4.98 Å². The fraction of sp³-hybridized carbons (Fsp3) is 0.0714. The van der Waals surface area contributed by atoms with Crippen molar-refractivity contribution in [1.82, 2.24) is 9.55 Å². The summed E-state index contributed by atoms with van der Waals surface area (Å²) in [7, 11) is 0. The van der Waals surface area contributed by atoms with Gasteiger partial charge < -0.3 is 4.98 Å². The summed E-state index contributed by atoms with van der Waals surface area (Å²) in [6, 6.07) is 13.2. The van der Waals surface area contributed by atoms with Crippen molar-refractivity contribution in [1.29, 1.82) is 0 Å². The van der Waals surface area contributed by atoms with E-state index in [1.54, 1.807) is 16.7 Å². The molecule has 90 valence electrons. The van der Waals surface area contributed by atoms with Crippen molar-refractivity contribution in [2.75, 3.05) is 0 Å². The minimum atomic E-state index is -0.155. The lowest BCUT2D eigenvalue weighted by molar-refractivity contribution is 1.01. The number of nitrogens with one attached hydrogen (secondary N) is 1. The SMILES string of the molecule is Cc1cccc(-n2c(=O)[nH]c3ccc(Cl)cc32)c1. The van der Waals surface area contributed by atoms with Crippen molar-refractivity contribution in [3.63, 3.8) is 0 Å². The van der Waals surface area contributed by atoms with Gasteiger partial charge in [-0.3, -0.25) is 4.57 Å². The fourth-order valence-corrected chi connectivity index (χ4v) is 2.27. The molecule has 0 aliphatic heterocycles. The smallest absolute Gasteiger partial charge is 0.305 e. The second-order valence-corrected chi connectivity index (χ2v) is 4.70. The molecular formula is C14H11ClN2O. The molecule has 4 heteroatoms. The van der Waals surface area contributed by atoms with Crippen molar-refractivity contribution in [2.45, 2.75) is 6.92 Å². The molecule has 0 amide bonds. The molecule has 2 aromatic carbocycles. The normalized spacial score (nSPS) is 11.0. The first kappa shape index (κ1) is 11.1. The molecule has 0 atom stereocenters. The summed E-state index contributed by atoms with van der Waals surface area (Å²) in [5, 5.41) is 0.614. The Hall–Kier alpha value is -2.00. The van der Waals surface area contributed by atoms with Crippen LogP contribution in [0, 0.1) is 6.92 Å². The van der Waals surface area contributed by atoms with Crippen LogP contribution in [0.25, 0.3) is 16.7 Å². The van der Waals surface area contributed by atoms with Gasteiger partial charge in [0.15, 0.2) is 0 Å². The second kappa shape index (κ2) is 4.03. The average molecular weight is 259 g/mol. The third-order valence-electron chi connectivity index (χ3n) is 2.91. The van der Waals surface area contributed by atoms with Crippen LogP contribution in [-0.4, -0.2) is 9.55 Å². The van der Waals surface area contributed by atoms with Crippen molar-refractivity contribution in [3.05, 3.63) is 63.5 Å². The summed E-state index contributed by atoms with van der Waals surface area (Å²) in [5.41, 5.74) is 3.37. The number of fused-ring (bicyclic) bond motifs is 1. The number of hydrogen-bond donors (Lipinski definition) is 1.